The molecule has 84 valence electrons. The minimum absolute atomic E-state index is 0.149. The minimum atomic E-state index is -1.17. The molecule has 0 spiro atoms. The van der Waals surface area contributed by atoms with Crippen molar-refractivity contribution in [2.24, 2.45) is 16.2 Å². The third kappa shape index (κ3) is 1.22. The molecule has 1 saturated carbocycles. The van der Waals surface area contributed by atoms with Crippen LogP contribution in [0.2, 0.25) is 0 Å². The molecule has 0 unspecified atom stereocenters. The highest BCUT2D eigenvalue weighted by molar-refractivity contribution is 6.47. The Morgan fingerprint density at radius 3 is 1.47 bits per heavy atom. The second-order valence-corrected chi connectivity index (χ2v) is 5.86. The summed E-state index contributed by atoms with van der Waals surface area (Å²) in [6.07, 6.45) is 0. The van der Waals surface area contributed by atoms with Crippen LogP contribution in [0.1, 0.15) is 41.5 Å². The molecule has 1 aliphatic rings. The van der Waals surface area contributed by atoms with Gasteiger partial charge in [-0.2, -0.15) is 0 Å². The van der Waals surface area contributed by atoms with Gasteiger partial charge in [-0.25, -0.2) is 0 Å². The van der Waals surface area contributed by atoms with Gasteiger partial charge >= 0.3 is 0 Å². The Morgan fingerprint density at radius 2 is 1.07 bits per heavy atom. The van der Waals surface area contributed by atoms with Crippen LogP contribution in [0.4, 0.5) is 0 Å². The lowest BCUT2D eigenvalue weighted by Crippen LogP contribution is -2.61. The topological polar surface area (TPSA) is 51.2 Å². The van der Waals surface area contributed by atoms with E-state index in [0.29, 0.717) is 0 Å². The Bertz CT molecular complexity index is 359. The highest BCUT2D eigenvalue weighted by atomic mass is 16.2. The zero-order chi connectivity index (χ0) is 12.2. The Hall–Kier alpha value is -0.990. The van der Waals surface area contributed by atoms with Crippen LogP contribution in [0.5, 0.6) is 0 Å². The van der Waals surface area contributed by atoms with Gasteiger partial charge in [-0.3, -0.25) is 14.4 Å². The Morgan fingerprint density at radius 1 is 0.667 bits per heavy atom. The van der Waals surface area contributed by atoms with Gasteiger partial charge in [0, 0.05) is 10.8 Å². The summed E-state index contributed by atoms with van der Waals surface area (Å²) in [5, 5.41) is 0. The average molecular weight is 210 g/mol. The maximum Gasteiger partial charge on any atom is 0.211 e. The second-order valence-electron chi connectivity index (χ2n) is 5.86. The first-order valence-electron chi connectivity index (χ1n) is 5.11. The van der Waals surface area contributed by atoms with Crippen molar-refractivity contribution >= 4 is 17.3 Å². The summed E-state index contributed by atoms with van der Waals surface area (Å²) in [6.45, 7) is 9.88. The molecule has 0 saturated heterocycles. The first-order chi connectivity index (χ1) is 6.47. The molecule has 0 radical (unpaired) electrons. The Balaban J connectivity index is 3.44. The fourth-order valence-electron chi connectivity index (χ4n) is 2.02. The van der Waals surface area contributed by atoms with Crippen molar-refractivity contribution in [1.82, 2.24) is 0 Å². The van der Waals surface area contributed by atoms with E-state index in [2.05, 4.69) is 0 Å². The molecular weight excluding hydrogens is 192 g/mol. The van der Waals surface area contributed by atoms with Crippen LogP contribution >= 0.6 is 0 Å². The maximum atomic E-state index is 12.2. The van der Waals surface area contributed by atoms with E-state index in [-0.39, 0.29) is 5.78 Å². The Labute approximate surface area is 90.2 Å². The van der Waals surface area contributed by atoms with E-state index in [1.165, 1.54) is 13.8 Å². The van der Waals surface area contributed by atoms with Gasteiger partial charge < -0.3 is 0 Å². The first-order valence-corrected chi connectivity index (χ1v) is 5.11. The zero-order valence-electron chi connectivity index (χ0n) is 10.2. The van der Waals surface area contributed by atoms with Gasteiger partial charge in [0.15, 0.2) is 5.78 Å². The molecule has 0 aromatic rings. The summed E-state index contributed by atoms with van der Waals surface area (Å²) in [7, 11) is 0. The van der Waals surface area contributed by atoms with E-state index in [0.717, 1.165) is 0 Å². The third-order valence-corrected chi connectivity index (χ3v) is 4.04. The van der Waals surface area contributed by atoms with E-state index in [1.54, 1.807) is 27.7 Å². The van der Waals surface area contributed by atoms with Gasteiger partial charge in [0.1, 0.15) is 0 Å². The van der Waals surface area contributed by atoms with Gasteiger partial charge in [-0.05, 0) is 13.8 Å². The van der Waals surface area contributed by atoms with E-state index in [9.17, 15) is 14.4 Å². The summed E-state index contributed by atoms with van der Waals surface area (Å²) in [5.41, 5.74) is -2.87. The SMILES string of the molecule is CC1(C)C(=O)C(=O)C(C)(C)C(C)(C)C1=O. The van der Waals surface area contributed by atoms with Gasteiger partial charge in [0.25, 0.3) is 0 Å². The number of Topliss-reactive ketones (excluding diaryl/α,β-unsaturated/α-hetero) is 3. The predicted octanol–water partition coefficient (Wildman–Crippen LogP) is 1.79. The third-order valence-electron chi connectivity index (χ3n) is 4.04. The summed E-state index contributed by atoms with van der Waals surface area (Å²) in [6, 6.07) is 0. The molecular formula is C12H18O3. The zero-order valence-corrected chi connectivity index (χ0v) is 10.2. The van der Waals surface area contributed by atoms with Crippen molar-refractivity contribution in [2.45, 2.75) is 41.5 Å². The summed E-state index contributed by atoms with van der Waals surface area (Å²) < 4.78 is 0. The molecule has 3 heteroatoms. The van der Waals surface area contributed by atoms with Gasteiger partial charge in [-0.1, -0.05) is 27.7 Å². The maximum absolute atomic E-state index is 12.2. The van der Waals surface area contributed by atoms with Gasteiger partial charge in [0.2, 0.25) is 11.6 Å². The number of rotatable bonds is 0. The van der Waals surface area contributed by atoms with Crippen LogP contribution in [-0.4, -0.2) is 17.3 Å². The second kappa shape index (κ2) is 2.77. The van der Waals surface area contributed by atoms with Crippen molar-refractivity contribution in [2.75, 3.05) is 0 Å². The average Bonchev–Trinajstić information content (AvgIpc) is 2.12. The van der Waals surface area contributed by atoms with E-state index in [4.69, 9.17) is 0 Å². The molecule has 0 aliphatic heterocycles. The largest absolute Gasteiger partial charge is 0.298 e. The highest BCUT2D eigenvalue weighted by Gasteiger charge is 2.61. The van der Waals surface area contributed by atoms with E-state index >= 15 is 0 Å². The molecule has 3 nitrogen and oxygen atoms in total. The van der Waals surface area contributed by atoms with Crippen LogP contribution in [0.15, 0.2) is 0 Å². The predicted molar refractivity (Wildman–Crippen MR) is 56.4 cm³/mol. The van der Waals surface area contributed by atoms with Gasteiger partial charge in [-0.15, -0.1) is 0 Å². The number of carbonyl (C=O) groups excluding carboxylic acids is 3. The smallest absolute Gasteiger partial charge is 0.211 e. The molecule has 15 heavy (non-hydrogen) atoms. The van der Waals surface area contributed by atoms with Crippen LogP contribution in [0, 0.1) is 16.2 Å². The van der Waals surface area contributed by atoms with Crippen LogP contribution in [0.25, 0.3) is 0 Å². The van der Waals surface area contributed by atoms with Crippen molar-refractivity contribution in [3.8, 4) is 0 Å². The molecule has 1 fully saturated rings. The van der Waals surface area contributed by atoms with Crippen LogP contribution in [0.3, 0.4) is 0 Å². The van der Waals surface area contributed by atoms with Gasteiger partial charge in [0.05, 0.1) is 5.41 Å². The van der Waals surface area contributed by atoms with E-state index in [1.807, 2.05) is 0 Å². The molecule has 0 heterocycles. The number of hydrogen-bond acceptors (Lipinski definition) is 3. The highest BCUT2D eigenvalue weighted by Crippen LogP contribution is 2.49. The van der Waals surface area contributed by atoms with Crippen LogP contribution in [-0.2, 0) is 14.4 Å². The molecule has 0 N–H and O–H groups in total. The Kier molecular flexibility index (Phi) is 2.23. The number of carbonyl (C=O) groups is 3. The van der Waals surface area contributed by atoms with Crippen molar-refractivity contribution in [1.29, 1.82) is 0 Å². The summed E-state index contributed by atoms with van der Waals surface area (Å²) in [5.74, 6) is -1.14. The minimum Gasteiger partial charge on any atom is -0.298 e. The molecule has 0 bridgehead atoms. The number of ketones is 3. The fourth-order valence-corrected chi connectivity index (χ4v) is 2.02. The lowest BCUT2D eigenvalue weighted by Gasteiger charge is -2.47. The lowest BCUT2D eigenvalue weighted by atomic mass is 9.51. The van der Waals surface area contributed by atoms with Crippen molar-refractivity contribution in [3.63, 3.8) is 0 Å². The standard InChI is InChI=1S/C12H18O3/c1-10(2)7(13)8(14)11(3,4)12(5,6)9(10)15/h1-6H3. The lowest BCUT2D eigenvalue weighted by molar-refractivity contribution is -0.167. The normalized spacial score (nSPS) is 28.0. The monoisotopic (exact) mass is 210 g/mol. The molecule has 0 aromatic carbocycles. The first kappa shape index (κ1) is 12.1. The molecule has 1 aliphatic carbocycles. The van der Waals surface area contributed by atoms with E-state index < -0.39 is 27.8 Å². The summed E-state index contributed by atoms with van der Waals surface area (Å²) in [4.78, 5) is 35.9. The quantitative estimate of drug-likeness (QED) is 0.452. The number of hydrogen-bond donors (Lipinski definition) is 0. The molecule has 0 atom stereocenters. The van der Waals surface area contributed by atoms with Crippen molar-refractivity contribution < 1.29 is 14.4 Å². The van der Waals surface area contributed by atoms with Crippen LogP contribution < -0.4 is 0 Å². The van der Waals surface area contributed by atoms with Crippen molar-refractivity contribution in [3.05, 3.63) is 0 Å². The fraction of sp³-hybridized carbons (Fsp3) is 0.750. The summed E-state index contributed by atoms with van der Waals surface area (Å²) >= 11 is 0. The molecule has 0 amide bonds. The molecule has 1 rings (SSSR count). The molecule has 0 aromatic heterocycles.